The Hall–Kier alpha value is -3.45. The van der Waals surface area contributed by atoms with Crippen LogP contribution in [0.1, 0.15) is 38.4 Å². The van der Waals surface area contributed by atoms with Crippen LogP contribution in [0.3, 0.4) is 0 Å². The zero-order valence-corrected chi connectivity index (χ0v) is 18.2. The first-order valence-electron chi connectivity index (χ1n) is 9.76. The molecule has 0 unspecified atom stereocenters. The summed E-state index contributed by atoms with van der Waals surface area (Å²) in [5, 5.41) is 4.60. The summed E-state index contributed by atoms with van der Waals surface area (Å²) < 4.78 is 8.42. The maximum atomic E-state index is 12.7. The SMILES string of the molecule is Cc1ccc(Cn2nc(C)c(C(=O)OCc3cc(=O)n4cc(C)ccc4n3)c2Cl)cc1. The summed E-state index contributed by atoms with van der Waals surface area (Å²) in [6.07, 6.45) is 1.71. The standard InChI is InChI=1S/C23H21ClN4O3/c1-14-4-7-17(8-5-14)12-28-22(24)21(16(3)26-28)23(30)31-13-18-10-20(29)27-11-15(2)6-9-19(27)25-18/h4-11H,12-13H2,1-3H3. The van der Waals surface area contributed by atoms with Gasteiger partial charge in [0.05, 0.1) is 17.9 Å². The highest BCUT2D eigenvalue weighted by Crippen LogP contribution is 2.22. The van der Waals surface area contributed by atoms with Gasteiger partial charge in [0.2, 0.25) is 0 Å². The third-order valence-electron chi connectivity index (χ3n) is 4.93. The molecule has 0 aliphatic heterocycles. The summed E-state index contributed by atoms with van der Waals surface area (Å²) in [5.41, 5.74) is 4.43. The second-order valence-electron chi connectivity index (χ2n) is 7.49. The van der Waals surface area contributed by atoms with Crippen molar-refractivity contribution >= 4 is 23.2 Å². The molecule has 31 heavy (non-hydrogen) atoms. The highest BCUT2D eigenvalue weighted by Gasteiger charge is 2.22. The first-order valence-corrected chi connectivity index (χ1v) is 10.1. The van der Waals surface area contributed by atoms with E-state index in [1.807, 2.05) is 44.2 Å². The van der Waals surface area contributed by atoms with Gasteiger partial charge in [-0.15, -0.1) is 0 Å². The number of carbonyl (C=O) groups is 1. The lowest BCUT2D eigenvalue weighted by Gasteiger charge is -2.07. The highest BCUT2D eigenvalue weighted by atomic mass is 35.5. The molecule has 0 spiro atoms. The van der Waals surface area contributed by atoms with E-state index in [4.69, 9.17) is 16.3 Å². The van der Waals surface area contributed by atoms with Crippen molar-refractivity contribution in [1.29, 1.82) is 0 Å². The van der Waals surface area contributed by atoms with Crippen molar-refractivity contribution in [2.45, 2.75) is 33.9 Å². The van der Waals surface area contributed by atoms with Crippen molar-refractivity contribution in [3.8, 4) is 0 Å². The molecule has 0 N–H and O–H groups in total. The van der Waals surface area contributed by atoms with Gasteiger partial charge in [-0.2, -0.15) is 5.10 Å². The first kappa shape index (κ1) is 20.8. The number of fused-ring (bicyclic) bond motifs is 1. The Balaban J connectivity index is 1.52. The zero-order valence-electron chi connectivity index (χ0n) is 17.4. The maximum absolute atomic E-state index is 12.7. The van der Waals surface area contributed by atoms with Gasteiger partial charge < -0.3 is 4.74 Å². The monoisotopic (exact) mass is 436 g/mol. The summed E-state index contributed by atoms with van der Waals surface area (Å²) in [6, 6.07) is 13.0. The smallest absolute Gasteiger partial charge is 0.343 e. The molecular formula is C23H21ClN4O3. The van der Waals surface area contributed by atoms with Crippen LogP contribution in [0.5, 0.6) is 0 Å². The normalized spacial score (nSPS) is 11.1. The predicted octanol–water partition coefficient (Wildman–Crippen LogP) is 3.87. The molecule has 0 bridgehead atoms. The molecule has 0 saturated carbocycles. The van der Waals surface area contributed by atoms with Crippen LogP contribution >= 0.6 is 11.6 Å². The number of hydrogen-bond acceptors (Lipinski definition) is 5. The van der Waals surface area contributed by atoms with Crippen molar-refractivity contribution in [2.24, 2.45) is 0 Å². The van der Waals surface area contributed by atoms with E-state index in [0.717, 1.165) is 16.7 Å². The van der Waals surface area contributed by atoms with Crippen LogP contribution in [0.15, 0.2) is 53.5 Å². The Morgan fingerprint density at radius 2 is 1.77 bits per heavy atom. The summed E-state index contributed by atoms with van der Waals surface area (Å²) in [7, 11) is 0. The molecule has 3 heterocycles. The van der Waals surface area contributed by atoms with Crippen LogP contribution in [-0.4, -0.2) is 25.1 Å². The van der Waals surface area contributed by atoms with Crippen LogP contribution in [0.2, 0.25) is 5.15 Å². The molecule has 0 aliphatic carbocycles. The minimum absolute atomic E-state index is 0.142. The zero-order chi connectivity index (χ0) is 22.1. The molecule has 0 atom stereocenters. The third kappa shape index (κ3) is 4.36. The van der Waals surface area contributed by atoms with Crippen LogP contribution in [0.4, 0.5) is 0 Å². The molecule has 0 radical (unpaired) electrons. The van der Waals surface area contributed by atoms with E-state index < -0.39 is 5.97 Å². The van der Waals surface area contributed by atoms with E-state index in [2.05, 4.69) is 10.1 Å². The average Bonchev–Trinajstić information content (AvgIpc) is 3.01. The number of hydrogen-bond donors (Lipinski definition) is 0. The predicted molar refractivity (Wildman–Crippen MR) is 118 cm³/mol. The second kappa shape index (κ2) is 8.35. The van der Waals surface area contributed by atoms with Crippen molar-refractivity contribution in [3.05, 3.63) is 97.8 Å². The molecule has 158 valence electrons. The van der Waals surface area contributed by atoms with Crippen molar-refractivity contribution in [2.75, 3.05) is 0 Å². The molecule has 0 amide bonds. The fourth-order valence-corrected chi connectivity index (χ4v) is 3.61. The summed E-state index contributed by atoms with van der Waals surface area (Å²) in [4.78, 5) is 29.4. The summed E-state index contributed by atoms with van der Waals surface area (Å²) >= 11 is 6.44. The lowest BCUT2D eigenvalue weighted by molar-refractivity contribution is 0.0467. The molecule has 8 heteroatoms. The molecule has 4 rings (SSSR count). The molecule has 0 fully saturated rings. The Kier molecular flexibility index (Phi) is 5.61. The number of esters is 1. The first-order chi connectivity index (χ1) is 14.8. The van der Waals surface area contributed by atoms with E-state index in [-0.39, 0.29) is 22.9 Å². The topological polar surface area (TPSA) is 78.5 Å². The van der Waals surface area contributed by atoms with Gasteiger partial charge in [-0.1, -0.05) is 47.5 Å². The Bertz CT molecular complexity index is 1340. The summed E-state index contributed by atoms with van der Waals surface area (Å²) in [6.45, 7) is 5.92. The van der Waals surface area contributed by atoms with Gasteiger partial charge >= 0.3 is 5.97 Å². The number of benzene rings is 1. The van der Waals surface area contributed by atoms with Crippen molar-refractivity contribution in [3.63, 3.8) is 0 Å². The number of aryl methyl sites for hydroxylation is 3. The number of rotatable bonds is 5. The minimum Gasteiger partial charge on any atom is -0.455 e. The van der Waals surface area contributed by atoms with Gasteiger partial charge in [0, 0.05) is 12.3 Å². The van der Waals surface area contributed by atoms with Gasteiger partial charge in [0.25, 0.3) is 5.56 Å². The van der Waals surface area contributed by atoms with Gasteiger partial charge in [0.1, 0.15) is 23.0 Å². The van der Waals surface area contributed by atoms with E-state index in [1.54, 1.807) is 23.9 Å². The van der Waals surface area contributed by atoms with Gasteiger partial charge in [-0.3, -0.25) is 9.20 Å². The van der Waals surface area contributed by atoms with Crippen LogP contribution in [-0.2, 0) is 17.9 Å². The van der Waals surface area contributed by atoms with Gasteiger partial charge in [-0.05, 0) is 38.0 Å². The lowest BCUT2D eigenvalue weighted by Crippen LogP contribution is -2.17. The molecule has 7 nitrogen and oxygen atoms in total. The fourth-order valence-electron chi connectivity index (χ4n) is 3.30. The lowest BCUT2D eigenvalue weighted by atomic mass is 10.1. The molecule has 3 aromatic heterocycles. The van der Waals surface area contributed by atoms with Gasteiger partial charge in [0.15, 0.2) is 0 Å². The molecule has 4 aromatic rings. The van der Waals surface area contributed by atoms with Crippen molar-refractivity contribution < 1.29 is 9.53 Å². The van der Waals surface area contributed by atoms with Crippen molar-refractivity contribution in [1.82, 2.24) is 19.2 Å². The average molecular weight is 437 g/mol. The third-order valence-corrected chi connectivity index (χ3v) is 5.32. The number of nitrogens with zero attached hydrogens (tertiary/aromatic N) is 4. The van der Waals surface area contributed by atoms with E-state index in [0.29, 0.717) is 23.6 Å². The van der Waals surface area contributed by atoms with E-state index in [9.17, 15) is 9.59 Å². The largest absolute Gasteiger partial charge is 0.455 e. The Morgan fingerprint density at radius 1 is 1.06 bits per heavy atom. The minimum atomic E-state index is -0.608. The number of ether oxygens (including phenoxy) is 1. The number of pyridine rings is 1. The number of carbonyl (C=O) groups excluding carboxylic acids is 1. The molecular weight excluding hydrogens is 416 g/mol. The number of aromatic nitrogens is 4. The second-order valence-corrected chi connectivity index (χ2v) is 7.85. The number of halogens is 1. The maximum Gasteiger partial charge on any atom is 0.343 e. The van der Waals surface area contributed by atoms with Crippen LogP contribution in [0, 0.1) is 20.8 Å². The molecule has 1 aromatic carbocycles. The van der Waals surface area contributed by atoms with Gasteiger partial charge in [-0.25, -0.2) is 14.5 Å². The molecule has 0 saturated heterocycles. The Morgan fingerprint density at radius 3 is 2.52 bits per heavy atom. The van der Waals surface area contributed by atoms with E-state index >= 15 is 0 Å². The Labute approximate surface area is 183 Å². The quantitative estimate of drug-likeness (QED) is 0.444. The van der Waals surface area contributed by atoms with Crippen LogP contribution < -0.4 is 5.56 Å². The highest BCUT2D eigenvalue weighted by molar-refractivity contribution is 6.32. The van der Waals surface area contributed by atoms with Crippen LogP contribution in [0.25, 0.3) is 5.65 Å². The summed E-state index contributed by atoms with van der Waals surface area (Å²) in [5.74, 6) is -0.608. The van der Waals surface area contributed by atoms with E-state index in [1.165, 1.54) is 10.5 Å². The molecule has 0 aliphatic rings. The fraction of sp³-hybridized carbons (Fsp3) is 0.217.